The number of anilines is 3. The average Bonchev–Trinajstić information content (AvgIpc) is 3.61. The zero-order valence-corrected chi connectivity index (χ0v) is 18.0. The van der Waals surface area contributed by atoms with Crippen LogP contribution >= 0.6 is 0 Å². The number of likely N-dealkylation sites (N-methyl/N-ethyl adjacent to an activating group) is 1. The van der Waals surface area contributed by atoms with Crippen molar-refractivity contribution in [3.05, 3.63) is 77.6 Å². The molecule has 2 unspecified atom stereocenters. The van der Waals surface area contributed by atoms with E-state index in [1.54, 1.807) is 23.0 Å². The van der Waals surface area contributed by atoms with E-state index in [1.165, 1.54) is 0 Å². The molecule has 3 aromatic rings. The summed E-state index contributed by atoms with van der Waals surface area (Å²) in [4.78, 5) is 41.4. The number of pyridine rings is 2. The molecular formula is C26H27N5O2. The van der Waals surface area contributed by atoms with Gasteiger partial charge in [0.15, 0.2) is 5.82 Å². The van der Waals surface area contributed by atoms with Gasteiger partial charge in [-0.15, -0.1) is 0 Å². The summed E-state index contributed by atoms with van der Waals surface area (Å²) >= 11 is 0. The molecule has 6 rings (SSSR count). The van der Waals surface area contributed by atoms with Crippen LogP contribution in [0.2, 0.25) is 0 Å². The molecule has 1 aromatic carbocycles. The van der Waals surface area contributed by atoms with Gasteiger partial charge in [-0.3, -0.25) is 19.5 Å². The average molecular weight is 442 g/mol. The van der Waals surface area contributed by atoms with E-state index in [0.717, 1.165) is 35.6 Å². The second-order valence-corrected chi connectivity index (χ2v) is 8.64. The van der Waals surface area contributed by atoms with Gasteiger partial charge in [-0.1, -0.05) is 31.7 Å². The molecule has 1 aliphatic carbocycles. The number of carbonyl (C=O) groups excluding carboxylic acids is 2. The number of amides is 2. The Bertz CT molecular complexity index is 1240. The van der Waals surface area contributed by atoms with Crippen LogP contribution in [0.25, 0.3) is 0 Å². The van der Waals surface area contributed by atoms with E-state index in [1.807, 2.05) is 61.5 Å². The summed E-state index contributed by atoms with van der Waals surface area (Å²) < 4.78 is 0. The van der Waals surface area contributed by atoms with E-state index >= 15 is 0 Å². The third kappa shape index (κ3) is 3.10. The van der Waals surface area contributed by atoms with Crippen molar-refractivity contribution in [2.24, 2.45) is 0 Å². The minimum Gasteiger partial charge on any atom is -0.340 e. The van der Waals surface area contributed by atoms with Crippen molar-refractivity contribution in [3.8, 4) is 0 Å². The fourth-order valence-corrected chi connectivity index (χ4v) is 4.94. The Kier molecular flexibility index (Phi) is 4.92. The van der Waals surface area contributed by atoms with Gasteiger partial charge in [0.25, 0.3) is 5.91 Å². The van der Waals surface area contributed by atoms with Crippen molar-refractivity contribution >= 4 is 29.1 Å². The number of fused-ring (bicyclic) bond motifs is 2. The molecule has 168 valence electrons. The maximum absolute atomic E-state index is 13.5. The van der Waals surface area contributed by atoms with Crippen LogP contribution in [0.15, 0.2) is 60.8 Å². The van der Waals surface area contributed by atoms with E-state index in [9.17, 15) is 9.59 Å². The van der Waals surface area contributed by atoms with Gasteiger partial charge in [0.1, 0.15) is 17.9 Å². The Morgan fingerprint density at radius 3 is 2.45 bits per heavy atom. The van der Waals surface area contributed by atoms with Gasteiger partial charge >= 0.3 is 0 Å². The summed E-state index contributed by atoms with van der Waals surface area (Å²) in [6.07, 6.45) is 3.85. The Morgan fingerprint density at radius 2 is 1.73 bits per heavy atom. The number of nitrogens with zero attached hydrogens (tertiary/aromatic N) is 5. The van der Waals surface area contributed by atoms with Gasteiger partial charge in [0, 0.05) is 24.8 Å². The molecule has 7 nitrogen and oxygen atoms in total. The first-order valence-electron chi connectivity index (χ1n) is 11.0. The largest absolute Gasteiger partial charge is 0.340 e. The number of benzene rings is 1. The molecule has 0 bridgehead atoms. The van der Waals surface area contributed by atoms with Gasteiger partial charge in [0.05, 0.1) is 11.4 Å². The molecule has 0 radical (unpaired) electrons. The second kappa shape index (κ2) is 7.69. The maximum Gasteiger partial charge on any atom is 0.260 e. The number of carbonyl (C=O) groups is 2. The minimum absolute atomic E-state index is 0. The Morgan fingerprint density at radius 1 is 0.970 bits per heavy atom. The molecule has 0 saturated heterocycles. The molecule has 2 aliphatic heterocycles. The number of rotatable bonds is 3. The Labute approximate surface area is 193 Å². The highest BCUT2D eigenvalue weighted by Gasteiger charge is 2.44. The molecular weight excluding hydrogens is 414 g/mol. The first kappa shape index (κ1) is 21.1. The molecule has 2 amide bonds. The second-order valence-electron chi connectivity index (χ2n) is 8.64. The van der Waals surface area contributed by atoms with Crippen molar-refractivity contribution < 1.29 is 9.59 Å². The van der Waals surface area contributed by atoms with Crippen LogP contribution in [0.5, 0.6) is 0 Å². The summed E-state index contributed by atoms with van der Waals surface area (Å²) in [6, 6.07) is 16.9. The number of hydrogen-bond acceptors (Lipinski definition) is 5. The third-order valence-corrected chi connectivity index (χ3v) is 6.67. The maximum atomic E-state index is 13.5. The summed E-state index contributed by atoms with van der Waals surface area (Å²) in [5.41, 5.74) is 3.17. The lowest BCUT2D eigenvalue weighted by Crippen LogP contribution is -2.52. The van der Waals surface area contributed by atoms with Gasteiger partial charge in [-0.2, -0.15) is 0 Å². The highest BCUT2D eigenvalue weighted by Crippen LogP contribution is 2.45. The topological polar surface area (TPSA) is 69.6 Å². The van der Waals surface area contributed by atoms with Crippen LogP contribution in [0.3, 0.4) is 0 Å². The number of aromatic nitrogens is 2. The van der Waals surface area contributed by atoms with Crippen molar-refractivity contribution in [1.82, 2.24) is 9.97 Å². The standard InChI is InChI=1S/C25H23N5O2.CH4/c1-15-24(31)28(2)20-12-13-21(27-23(20)29(15)16-10-11-16)30-22(19-9-5-6-14-26-19)17-7-3-4-8-18(17)25(30)32;/h3-9,12-16,22H,10-11H2,1-2H3;1H4. The quantitative estimate of drug-likeness (QED) is 0.609. The predicted octanol–water partition coefficient (Wildman–Crippen LogP) is 4.20. The van der Waals surface area contributed by atoms with Gasteiger partial charge < -0.3 is 9.80 Å². The predicted molar refractivity (Wildman–Crippen MR) is 129 cm³/mol. The molecule has 3 aliphatic rings. The first-order chi connectivity index (χ1) is 15.6. The fraction of sp³-hybridized carbons (Fsp3) is 0.308. The monoisotopic (exact) mass is 441 g/mol. The molecule has 33 heavy (non-hydrogen) atoms. The molecule has 1 fully saturated rings. The lowest BCUT2D eigenvalue weighted by Gasteiger charge is -2.40. The number of hydrogen-bond donors (Lipinski definition) is 0. The van der Waals surface area contributed by atoms with Crippen molar-refractivity contribution in [2.75, 3.05) is 21.7 Å². The van der Waals surface area contributed by atoms with Crippen molar-refractivity contribution in [2.45, 2.75) is 45.3 Å². The Hall–Kier alpha value is -3.74. The minimum atomic E-state index is -0.347. The summed E-state index contributed by atoms with van der Waals surface area (Å²) in [6.45, 7) is 1.93. The van der Waals surface area contributed by atoms with Gasteiger partial charge in [0.2, 0.25) is 5.91 Å². The zero-order valence-electron chi connectivity index (χ0n) is 18.0. The van der Waals surface area contributed by atoms with Crippen LogP contribution in [-0.2, 0) is 4.79 Å². The fourth-order valence-electron chi connectivity index (χ4n) is 4.94. The normalized spacial score (nSPS) is 21.6. The molecule has 2 atom stereocenters. The van der Waals surface area contributed by atoms with Gasteiger partial charge in [-0.05, 0) is 55.7 Å². The van der Waals surface area contributed by atoms with Gasteiger partial charge in [-0.25, -0.2) is 4.98 Å². The lowest BCUT2D eigenvalue weighted by atomic mass is 10.0. The molecule has 2 aromatic heterocycles. The van der Waals surface area contributed by atoms with E-state index in [-0.39, 0.29) is 31.3 Å². The zero-order chi connectivity index (χ0) is 22.0. The molecule has 0 N–H and O–H groups in total. The summed E-state index contributed by atoms with van der Waals surface area (Å²) in [5, 5.41) is 0. The molecule has 1 saturated carbocycles. The van der Waals surface area contributed by atoms with E-state index in [2.05, 4.69) is 9.88 Å². The van der Waals surface area contributed by atoms with E-state index in [4.69, 9.17) is 4.98 Å². The lowest BCUT2D eigenvalue weighted by molar-refractivity contribution is -0.119. The van der Waals surface area contributed by atoms with Crippen LogP contribution in [-0.4, -0.2) is 40.9 Å². The SMILES string of the molecule is C.CC1C(=O)N(C)c2ccc(N3C(=O)c4ccccc4C3c3ccccn3)nc2N1C1CC1. The van der Waals surface area contributed by atoms with Crippen LogP contribution in [0, 0.1) is 0 Å². The molecule has 4 heterocycles. The van der Waals surface area contributed by atoms with Crippen molar-refractivity contribution in [3.63, 3.8) is 0 Å². The van der Waals surface area contributed by atoms with Crippen molar-refractivity contribution in [1.29, 1.82) is 0 Å². The highest BCUT2D eigenvalue weighted by atomic mass is 16.2. The Balaban J connectivity index is 0.00000228. The first-order valence-corrected chi connectivity index (χ1v) is 11.0. The van der Waals surface area contributed by atoms with E-state index < -0.39 is 0 Å². The highest BCUT2D eigenvalue weighted by molar-refractivity contribution is 6.11. The summed E-state index contributed by atoms with van der Waals surface area (Å²) in [5.74, 6) is 1.31. The van der Waals surface area contributed by atoms with Crippen LogP contribution in [0.1, 0.15) is 54.8 Å². The summed E-state index contributed by atoms with van der Waals surface area (Å²) in [7, 11) is 1.79. The molecule has 7 heteroatoms. The smallest absolute Gasteiger partial charge is 0.260 e. The van der Waals surface area contributed by atoms with Crippen LogP contribution < -0.4 is 14.7 Å². The third-order valence-electron chi connectivity index (χ3n) is 6.67. The van der Waals surface area contributed by atoms with E-state index in [0.29, 0.717) is 17.4 Å². The van der Waals surface area contributed by atoms with Crippen LogP contribution in [0.4, 0.5) is 17.3 Å². The molecule has 0 spiro atoms.